The normalized spacial score (nSPS) is 27.8. The van der Waals surface area contributed by atoms with E-state index in [-0.39, 0.29) is 11.2 Å². The summed E-state index contributed by atoms with van der Waals surface area (Å²) in [6.45, 7) is 4.43. The largest absolute Gasteiger partial charge is 0.372 e. The Morgan fingerprint density at radius 2 is 2.03 bits per heavy atom. The van der Waals surface area contributed by atoms with E-state index < -0.39 is 0 Å². The van der Waals surface area contributed by atoms with Crippen molar-refractivity contribution >= 4 is 22.6 Å². The fourth-order valence-electron chi connectivity index (χ4n) is 6.52. The number of Topliss-reactive ketones (excluding diaryl/α,β-unsaturated/α-hetero) is 1. The molecule has 1 unspecified atom stereocenters. The molecule has 1 aliphatic heterocycles. The number of aromatic amines is 1. The van der Waals surface area contributed by atoms with Crippen molar-refractivity contribution in [2.75, 3.05) is 18.0 Å². The van der Waals surface area contributed by atoms with Crippen LogP contribution in [0.2, 0.25) is 0 Å². The van der Waals surface area contributed by atoms with Crippen LogP contribution >= 0.6 is 0 Å². The van der Waals surface area contributed by atoms with Crippen LogP contribution in [-0.2, 0) is 0 Å². The number of rotatable bonds is 4. The molecule has 0 amide bonds. The minimum Gasteiger partial charge on any atom is -0.372 e. The standard InChI is InChI=1S/C26H30N4O/c1-26(11-10-17-6-5-9-21(17)26)24(31)20-15-27-25-23(20)29-22(16-28-25)18-7-4-8-19(14-18)30-12-2-3-13-30/h4,7-8,14-17,21H,2-3,5-6,9-13H2,1H3,(H,27,28)/t17-,21-,26?/m0/s1. The SMILES string of the molecule is CC1(C(=O)c2c[nH]c3ncc(-c4cccc(N5CCCC5)c4)nc23)CC[C@@H]2CCC[C@@H]21. The summed E-state index contributed by atoms with van der Waals surface area (Å²) in [6, 6.07) is 8.56. The molecular weight excluding hydrogens is 384 g/mol. The molecule has 0 radical (unpaired) electrons. The summed E-state index contributed by atoms with van der Waals surface area (Å²) in [6.07, 6.45) is 12.1. The molecule has 2 saturated carbocycles. The van der Waals surface area contributed by atoms with E-state index in [1.165, 1.54) is 44.2 Å². The van der Waals surface area contributed by atoms with Crippen molar-refractivity contribution in [2.24, 2.45) is 17.3 Å². The Hall–Kier alpha value is -2.69. The fourth-order valence-corrected chi connectivity index (χ4v) is 6.52. The third-order valence-electron chi connectivity index (χ3n) is 8.27. The highest BCUT2D eigenvalue weighted by Gasteiger charge is 2.51. The van der Waals surface area contributed by atoms with Crippen LogP contribution in [-0.4, -0.2) is 33.8 Å². The molecule has 1 aromatic carbocycles. The van der Waals surface area contributed by atoms with Gasteiger partial charge in [0.1, 0.15) is 5.52 Å². The van der Waals surface area contributed by atoms with Gasteiger partial charge in [0.2, 0.25) is 0 Å². The lowest BCUT2D eigenvalue weighted by molar-refractivity contribution is 0.0742. The molecule has 3 aliphatic rings. The Morgan fingerprint density at radius 1 is 1.16 bits per heavy atom. The lowest BCUT2D eigenvalue weighted by Gasteiger charge is -2.29. The Labute approximate surface area is 183 Å². The maximum atomic E-state index is 13.8. The van der Waals surface area contributed by atoms with E-state index in [0.29, 0.717) is 11.6 Å². The molecule has 1 N–H and O–H groups in total. The van der Waals surface area contributed by atoms with E-state index >= 15 is 0 Å². The molecular formula is C26H30N4O. The smallest absolute Gasteiger partial charge is 0.172 e. The summed E-state index contributed by atoms with van der Waals surface area (Å²) in [5, 5.41) is 0. The zero-order valence-electron chi connectivity index (χ0n) is 18.2. The van der Waals surface area contributed by atoms with Gasteiger partial charge in [-0.3, -0.25) is 4.79 Å². The van der Waals surface area contributed by atoms with E-state index in [4.69, 9.17) is 4.98 Å². The average Bonchev–Trinajstić information content (AvgIpc) is 3.58. The van der Waals surface area contributed by atoms with E-state index in [1.54, 1.807) is 0 Å². The Bertz CT molecular complexity index is 1150. The second-order valence-corrected chi connectivity index (χ2v) is 9.98. The quantitative estimate of drug-likeness (QED) is 0.563. The topological polar surface area (TPSA) is 61.9 Å². The van der Waals surface area contributed by atoms with Gasteiger partial charge in [0, 0.05) is 36.0 Å². The summed E-state index contributed by atoms with van der Waals surface area (Å²) in [5.41, 5.74) is 5.01. The van der Waals surface area contributed by atoms with Gasteiger partial charge in [-0.25, -0.2) is 9.97 Å². The predicted octanol–water partition coefficient (Wildman–Crippen LogP) is 5.62. The summed E-state index contributed by atoms with van der Waals surface area (Å²) < 4.78 is 0. The lowest BCUT2D eigenvalue weighted by Crippen LogP contribution is -2.32. The zero-order valence-corrected chi connectivity index (χ0v) is 18.2. The van der Waals surface area contributed by atoms with Gasteiger partial charge in [0.25, 0.3) is 0 Å². The first-order valence-corrected chi connectivity index (χ1v) is 11.9. The molecule has 5 heteroatoms. The highest BCUT2D eigenvalue weighted by Crippen LogP contribution is 2.56. The van der Waals surface area contributed by atoms with Crippen molar-refractivity contribution in [1.82, 2.24) is 15.0 Å². The van der Waals surface area contributed by atoms with Crippen LogP contribution in [0.3, 0.4) is 0 Å². The van der Waals surface area contributed by atoms with Crippen molar-refractivity contribution in [3.63, 3.8) is 0 Å². The third kappa shape index (κ3) is 3.00. The first-order valence-electron chi connectivity index (χ1n) is 11.9. The van der Waals surface area contributed by atoms with Crippen LogP contribution < -0.4 is 4.90 Å². The van der Waals surface area contributed by atoms with Crippen LogP contribution in [0.5, 0.6) is 0 Å². The Morgan fingerprint density at radius 3 is 2.90 bits per heavy atom. The number of fused-ring (bicyclic) bond motifs is 2. The average molecular weight is 415 g/mol. The van der Waals surface area contributed by atoms with Crippen molar-refractivity contribution in [2.45, 2.75) is 51.9 Å². The molecule has 31 heavy (non-hydrogen) atoms. The molecule has 3 fully saturated rings. The molecule has 5 nitrogen and oxygen atoms in total. The van der Waals surface area contributed by atoms with E-state index in [2.05, 4.69) is 46.1 Å². The van der Waals surface area contributed by atoms with Crippen molar-refractivity contribution in [3.05, 3.63) is 42.2 Å². The van der Waals surface area contributed by atoms with Crippen molar-refractivity contribution in [3.8, 4) is 11.3 Å². The second-order valence-electron chi connectivity index (χ2n) is 9.98. The summed E-state index contributed by atoms with van der Waals surface area (Å²) in [4.78, 5) is 29.0. The van der Waals surface area contributed by atoms with Crippen LogP contribution in [0.1, 0.15) is 62.2 Å². The van der Waals surface area contributed by atoms with Crippen molar-refractivity contribution < 1.29 is 4.79 Å². The van der Waals surface area contributed by atoms with Gasteiger partial charge in [0.15, 0.2) is 11.4 Å². The van der Waals surface area contributed by atoms with Gasteiger partial charge >= 0.3 is 0 Å². The highest BCUT2D eigenvalue weighted by molar-refractivity contribution is 6.09. The summed E-state index contributed by atoms with van der Waals surface area (Å²) in [5.74, 6) is 1.51. The van der Waals surface area contributed by atoms with Crippen LogP contribution in [0, 0.1) is 17.3 Å². The maximum Gasteiger partial charge on any atom is 0.172 e. The summed E-state index contributed by atoms with van der Waals surface area (Å²) in [7, 11) is 0. The molecule has 6 rings (SSSR count). The first-order chi connectivity index (χ1) is 15.1. The molecule has 0 bridgehead atoms. The van der Waals surface area contributed by atoms with E-state index in [1.807, 2.05) is 12.4 Å². The second kappa shape index (κ2) is 7.18. The van der Waals surface area contributed by atoms with Gasteiger partial charge in [-0.2, -0.15) is 0 Å². The van der Waals surface area contributed by atoms with Crippen LogP contribution in [0.25, 0.3) is 22.4 Å². The summed E-state index contributed by atoms with van der Waals surface area (Å²) >= 11 is 0. The van der Waals surface area contributed by atoms with E-state index in [0.717, 1.165) is 47.8 Å². The molecule has 2 aromatic heterocycles. The molecule has 3 heterocycles. The van der Waals surface area contributed by atoms with Gasteiger partial charge < -0.3 is 9.88 Å². The van der Waals surface area contributed by atoms with Crippen LogP contribution in [0.15, 0.2) is 36.7 Å². The minimum absolute atomic E-state index is 0.255. The Kier molecular flexibility index (Phi) is 4.41. The van der Waals surface area contributed by atoms with Crippen molar-refractivity contribution in [1.29, 1.82) is 0 Å². The molecule has 0 spiro atoms. The number of hydrogen-bond acceptors (Lipinski definition) is 4. The number of aromatic nitrogens is 3. The number of nitrogens with one attached hydrogen (secondary N) is 1. The third-order valence-corrected chi connectivity index (χ3v) is 8.27. The number of carbonyl (C=O) groups excluding carboxylic acids is 1. The van der Waals surface area contributed by atoms with Crippen LogP contribution in [0.4, 0.5) is 5.69 Å². The molecule has 1 saturated heterocycles. The van der Waals surface area contributed by atoms with Gasteiger partial charge in [-0.05, 0) is 56.1 Å². The highest BCUT2D eigenvalue weighted by atomic mass is 16.1. The predicted molar refractivity (Wildman–Crippen MR) is 123 cm³/mol. The van der Waals surface area contributed by atoms with Gasteiger partial charge in [-0.1, -0.05) is 31.9 Å². The Balaban J connectivity index is 1.37. The number of H-pyrrole nitrogens is 1. The maximum absolute atomic E-state index is 13.8. The molecule has 160 valence electrons. The number of nitrogens with zero attached hydrogens (tertiary/aromatic N) is 3. The first kappa shape index (κ1) is 19.0. The number of carbonyl (C=O) groups is 1. The van der Waals surface area contributed by atoms with Gasteiger partial charge in [0.05, 0.1) is 17.5 Å². The number of benzene rings is 1. The number of hydrogen-bond donors (Lipinski definition) is 1. The minimum atomic E-state index is -0.260. The molecule has 3 atom stereocenters. The lowest BCUT2D eigenvalue weighted by atomic mass is 9.73. The van der Waals surface area contributed by atoms with E-state index in [9.17, 15) is 4.79 Å². The molecule has 2 aliphatic carbocycles. The fraction of sp³-hybridized carbons (Fsp3) is 0.500. The molecule has 3 aromatic rings. The monoisotopic (exact) mass is 414 g/mol. The van der Waals surface area contributed by atoms with Gasteiger partial charge in [-0.15, -0.1) is 0 Å². The zero-order chi connectivity index (χ0) is 21.0. The number of anilines is 1. The number of ketones is 1.